The summed E-state index contributed by atoms with van der Waals surface area (Å²) in [7, 11) is 0. The van der Waals surface area contributed by atoms with Crippen molar-refractivity contribution in [2.45, 2.75) is 38.6 Å². The van der Waals surface area contributed by atoms with Gasteiger partial charge in [-0.25, -0.2) is 9.37 Å². The van der Waals surface area contributed by atoms with Crippen molar-refractivity contribution < 1.29 is 4.39 Å². The summed E-state index contributed by atoms with van der Waals surface area (Å²) in [4.78, 5) is 6.65. The maximum atomic E-state index is 13.4. The first kappa shape index (κ1) is 14.6. The fourth-order valence-electron chi connectivity index (χ4n) is 2.35. The van der Waals surface area contributed by atoms with Gasteiger partial charge < -0.3 is 10.2 Å². The van der Waals surface area contributed by atoms with Gasteiger partial charge in [-0.05, 0) is 19.5 Å². The van der Waals surface area contributed by atoms with E-state index < -0.39 is 0 Å². The molecule has 1 aromatic rings. The minimum absolute atomic E-state index is 0.260. The van der Waals surface area contributed by atoms with Crippen molar-refractivity contribution in [1.29, 1.82) is 0 Å². The minimum Gasteiger partial charge on any atom is -0.352 e. The van der Waals surface area contributed by atoms with Crippen LogP contribution in [0.1, 0.15) is 26.3 Å². The summed E-state index contributed by atoms with van der Waals surface area (Å²) < 4.78 is 13.4. The Hall–Kier alpha value is -0.810. The van der Waals surface area contributed by atoms with Gasteiger partial charge in [-0.2, -0.15) is 11.8 Å². The highest BCUT2D eigenvalue weighted by molar-refractivity contribution is 8.00. The van der Waals surface area contributed by atoms with Crippen LogP contribution in [-0.2, 0) is 6.54 Å². The van der Waals surface area contributed by atoms with Crippen LogP contribution in [0.15, 0.2) is 12.3 Å². The second kappa shape index (κ2) is 6.57. The molecule has 5 heteroatoms. The number of nitrogens with one attached hydrogen (secondary N) is 1. The van der Waals surface area contributed by atoms with Crippen LogP contribution in [0, 0.1) is 5.82 Å². The molecule has 2 rings (SSSR count). The zero-order valence-corrected chi connectivity index (χ0v) is 12.6. The van der Waals surface area contributed by atoms with Crippen LogP contribution in [0.5, 0.6) is 0 Å². The molecule has 19 heavy (non-hydrogen) atoms. The highest BCUT2D eigenvalue weighted by Gasteiger charge is 2.27. The van der Waals surface area contributed by atoms with Gasteiger partial charge >= 0.3 is 0 Å². The second-order valence-electron chi connectivity index (χ2n) is 4.93. The monoisotopic (exact) mass is 283 g/mol. The Labute approximate surface area is 119 Å². The third-order valence-corrected chi connectivity index (χ3v) is 4.97. The number of halogens is 1. The first-order valence-corrected chi connectivity index (χ1v) is 7.91. The molecular formula is C14H22FN3S. The first-order chi connectivity index (χ1) is 9.13. The van der Waals surface area contributed by atoms with E-state index in [0.717, 1.165) is 30.2 Å². The Morgan fingerprint density at radius 3 is 3.05 bits per heavy atom. The third-order valence-electron chi connectivity index (χ3n) is 3.63. The average Bonchev–Trinajstić information content (AvgIpc) is 2.40. The predicted molar refractivity (Wildman–Crippen MR) is 80.3 cm³/mol. The summed E-state index contributed by atoms with van der Waals surface area (Å²) in [6.07, 6.45) is 1.32. The Bertz CT molecular complexity index is 427. The van der Waals surface area contributed by atoms with Crippen molar-refractivity contribution in [3.63, 3.8) is 0 Å². The minimum atomic E-state index is -0.260. The van der Waals surface area contributed by atoms with Crippen molar-refractivity contribution in [1.82, 2.24) is 10.3 Å². The fraction of sp³-hybridized carbons (Fsp3) is 0.643. The Balaban J connectivity index is 2.26. The molecule has 0 radical (unpaired) electrons. The van der Waals surface area contributed by atoms with E-state index in [-0.39, 0.29) is 5.82 Å². The zero-order valence-electron chi connectivity index (χ0n) is 11.8. The summed E-state index contributed by atoms with van der Waals surface area (Å²) >= 11 is 1.99. The molecule has 2 unspecified atom stereocenters. The molecule has 2 heterocycles. The van der Waals surface area contributed by atoms with Gasteiger partial charge in [0.05, 0.1) is 6.20 Å². The normalized spacial score (nSPS) is 23.7. The molecule has 1 N–H and O–H groups in total. The lowest BCUT2D eigenvalue weighted by Gasteiger charge is -2.39. The maximum absolute atomic E-state index is 13.4. The van der Waals surface area contributed by atoms with Crippen LogP contribution >= 0.6 is 11.8 Å². The molecule has 1 aliphatic heterocycles. The lowest BCUT2D eigenvalue weighted by Crippen LogP contribution is -2.45. The number of hydrogen-bond acceptors (Lipinski definition) is 4. The maximum Gasteiger partial charge on any atom is 0.141 e. The average molecular weight is 283 g/mol. The topological polar surface area (TPSA) is 28.2 Å². The van der Waals surface area contributed by atoms with Crippen LogP contribution in [0.2, 0.25) is 0 Å². The zero-order chi connectivity index (χ0) is 13.8. The summed E-state index contributed by atoms with van der Waals surface area (Å²) in [5.41, 5.74) is 0.952. The molecule has 0 saturated carbocycles. The van der Waals surface area contributed by atoms with E-state index in [1.165, 1.54) is 6.20 Å². The van der Waals surface area contributed by atoms with E-state index in [0.29, 0.717) is 17.8 Å². The lowest BCUT2D eigenvalue weighted by molar-refractivity contribution is 0.594. The number of anilines is 1. The van der Waals surface area contributed by atoms with Gasteiger partial charge in [0.15, 0.2) is 0 Å². The Kier molecular flexibility index (Phi) is 5.05. The number of thioether (sulfide) groups is 1. The second-order valence-corrected chi connectivity index (χ2v) is 6.41. The Morgan fingerprint density at radius 2 is 2.32 bits per heavy atom. The first-order valence-electron chi connectivity index (χ1n) is 6.87. The van der Waals surface area contributed by atoms with E-state index in [2.05, 4.69) is 36.0 Å². The molecule has 106 valence electrons. The van der Waals surface area contributed by atoms with Gasteiger partial charge in [0.25, 0.3) is 0 Å². The SMILES string of the molecule is CCNCc1cc(F)cnc1N1CCSC(C)C1C. The van der Waals surface area contributed by atoms with Gasteiger partial charge in [-0.3, -0.25) is 0 Å². The summed E-state index contributed by atoms with van der Waals surface area (Å²) in [6, 6.07) is 2.03. The van der Waals surface area contributed by atoms with E-state index in [1.54, 1.807) is 6.07 Å². The molecule has 1 aliphatic rings. The molecule has 1 fully saturated rings. The van der Waals surface area contributed by atoms with Crippen molar-refractivity contribution in [2.24, 2.45) is 0 Å². The fourth-order valence-corrected chi connectivity index (χ4v) is 3.45. The van der Waals surface area contributed by atoms with Crippen molar-refractivity contribution >= 4 is 17.6 Å². The molecule has 0 aliphatic carbocycles. The van der Waals surface area contributed by atoms with Crippen LogP contribution in [0.25, 0.3) is 0 Å². The summed E-state index contributed by atoms with van der Waals surface area (Å²) in [6.45, 7) is 9.04. The van der Waals surface area contributed by atoms with Crippen LogP contribution in [-0.4, -0.2) is 35.1 Å². The van der Waals surface area contributed by atoms with Gasteiger partial charge in [0.2, 0.25) is 0 Å². The number of nitrogens with zero attached hydrogens (tertiary/aromatic N) is 2. The molecule has 0 amide bonds. The quantitative estimate of drug-likeness (QED) is 0.919. The number of pyridine rings is 1. The molecule has 1 saturated heterocycles. The number of hydrogen-bond donors (Lipinski definition) is 1. The van der Waals surface area contributed by atoms with Gasteiger partial charge in [0.1, 0.15) is 11.6 Å². The van der Waals surface area contributed by atoms with E-state index in [4.69, 9.17) is 0 Å². The molecule has 2 atom stereocenters. The highest BCUT2D eigenvalue weighted by Crippen LogP contribution is 2.30. The van der Waals surface area contributed by atoms with Crippen LogP contribution in [0.3, 0.4) is 0 Å². The molecule has 1 aromatic heterocycles. The standard InChI is InChI=1S/C14H22FN3S/c1-4-16-8-12-7-13(15)9-17-14(12)18-5-6-19-11(3)10(18)2/h7,9-11,16H,4-6,8H2,1-3H3. The van der Waals surface area contributed by atoms with Gasteiger partial charge in [0, 0.05) is 35.7 Å². The predicted octanol–water partition coefficient (Wildman–Crippen LogP) is 2.66. The molecular weight excluding hydrogens is 261 g/mol. The third kappa shape index (κ3) is 3.39. The summed E-state index contributed by atoms with van der Waals surface area (Å²) in [5.74, 6) is 1.77. The highest BCUT2D eigenvalue weighted by atomic mass is 32.2. The van der Waals surface area contributed by atoms with Gasteiger partial charge in [-0.1, -0.05) is 13.8 Å². The van der Waals surface area contributed by atoms with Crippen LogP contribution < -0.4 is 10.2 Å². The van der Waals surface area contributed by atoms with Crippen LogP contribution in [0.4, 0.5) is 10.2 Å². The summed E-state index contributed by atoms with van der Waals surface area (Å²) in [5, 5.41) is 3.84. The lowest BCUT2D eigenvalue weighted by atomic mass is 10.1. The largest absolute Gasteiger partial charge is 0.352 e. The Morgan fingerprint density at radius 1 is 1.53 bits per heavy atom. The number of rotatable bonds is 4. The molecule has 0 aromatic carbocycles. The smallest absolute Gasteiger partial charge is 0.141 e. The molecule has 0 bridgehead atoms. The van der Waals surface area contributed by atoms with E-state index >= 15 is 0 Å². The van der Waals surface area contributed by atoms with E-state index in [9.17, 15) is 4.39 Å². The van der Waals surface area contributed by atoms with Crippen molar-refractivity contribution in [2.75, 3.05) is 23.7 Å². The van der Waals surface area contributed by atoms with Crippen molar-refractivity contribution in [3.8, 4) is 0 Å². The van der Waals surface area contributed by atoms with E-state index in [1.807, 2.05) is 11.8 Å². The van der Waals surface area contributed by atoms with Gasteiger partial charge in [-0.15, -0.1) is 0 Å². The molecule has 0 spiro atoms. The number of aromatic nitrogens is 1. The molecule has 3 nitrogen and oxygen atoms in total. The van der Waals surface area contributed by atoms with Crippen molar-refractivity contribution in [3.05, 3.63) is 23.6 Å².